The highest BCUT2D eigenvalue weighted by atomic mass is 16.7. The molecule has 1 unspecified atom stereocenters. The van der Waals surface area contributed by atoms with Gasteiger partial charge in [-0.05, 0) is 12.1 Å². The summed E-state index contributed by atoms with van der Waals surface area (Å²) in [6.45, 7) is -0.862. The minimum Gasteiger partial charge on any atom is -0.394 e. The number of hydrogen-bond donors (Lipinski definition) is 3. The van der Waals surface area contributed by atoms with Crippen molar-refractivity contribution in [3.63, 3.8) is 0 Å². The molecule has 212 valence electrons. The fraction of sp³-hybridized carbons (Fsp3) is 0.333. The smallest absolute Gasteiger partial charge is 0.285 e. The van der Waals surface area contributed by atoms with Crippen molar-refractivity contribution < 1.29 is 38.9 Å². The van der Waals surface area contributed by atoms with Gasteiger partial charge in [0.25, 0.3) is 11.8 Å². The molecule has 2 amide bonds. The summed E-state index contributed by atoms with van der Waals surface area (Å²) in [4.78, 5) is 58.2. The molecule has 1 fully saturated rings. The molecule has 4 aliphatic rings. The van der Waals surface area contributed by atoms with Crippen molar-refractivity contribution in [3.8, 4) is 0 Å². The van der Waals surface area contributed by atoms with Gasteiger partial charge in [0.15, 0.2) is 12.1 Å². The molecule has 2 aromatic carbocycles. The molecule has 41 heavy (non-hydrogen) atoms. The number of benzene rings is 2. The average Bonchev–Trinajstić information content (AvgIpc) is 3.64. The number of rotatable bonds is 9. The van der Waals surface area contributed by atoms with Gasteiger partial charge in [0.1, 0.15) is 37.0 Å². The molecule has 4 heterocycles. The number of aliphatic hydroxyl groups is 2. The number of amides is 2. The van der Waals surface area contributed by atoms with Crippen LogP contribution in [-0.2, 0) is 14.3 Å². The van der Waals surface area contributed by atoms with Gasteiger partial charge >= 0.3 is 0 Å². The summed E-state index contributed by atoms with van der Waals surface area (Å²) in [7, 11) is 0. The fourth-order valence-electron chi connectivity index (χ4n) is 5.16. The van der Waals surface area contributed by atoms with Crippen LogP contribution < -0.4 is 5.73 Å². The first-order valence-corrected chi connectivity index (χ1v) is 12.8. The molecule has 0 aromatic heterocycles. The predicted molar refractivity (Wildman–Crippen MR) is 142 cm³/mol. The number of nitrogens with zero attached hydrogens (tertiary/aromatic N) is 5. The van der Waals surface area contributed by atoms with Crippen molar-refractivity contribution in [1.82, 2.24) is 9.96 Å². The minimum absolute atomic E-state index is 0.0283. The maximum absolute atomic E-state index is 13.3. The van der Waals surface area contributed by atoms with Crippen LogP contribution in [-0.4, -0.2) is 112 Å². The van der Waals surface area contributed by atoms with E-state index in [1.165, 1.54) is 18.5 Å². The first-order valence-electron chi connectivity index (χ1n) is 12.8. The van der Waals surface area contributed by atoms with Gasteiger partial charge in [-0.15, -0.1) is 5.06 Å². The Balaban J connectivity index is 1.14. The van der Waals surface area contributed by atoms with E-state index in [1.54, 1.807) is 47.4 Å². The second-order valence-corrected chi connectivity index (χ2v) is 9.63. The van der Waals surface area contributed by atoms with E-state index in [2.05, 4.69) is 15.0 Å². The molecule has 0 saturated carbocycles. The quantitative estimate of drug-likeness (QED) is 0.202. The van der Waals surface area contributed by atoms with Gasteiger partial charge in [-0.25, -0.2) is 9.98 Å². The van der Waals surface area contributed by atoms with E-state index < -0.39 is 54.4 Å². The van der Waals surface area contributed by atoms with Crippen molar-refractivity contribution in [3.05, 3.63) is 71.3 Å². The molecule has 0 radical (unpaired) electrons. The van der Waals surface area contributed by atoms with Crippen molar-refractivity contribution >= 4 is 35.5 Å². The molecule has 4 aliphatic heterocycles. The monoisotopic (exact) mass is 562 g/mol. The molecule has 14 heteroatoms. The lowest BCUT2D eigenvalue weighted by atomic mass is 9.93. The topological polar surface area (TPSA) is 189 Å². The number of imide groups is 1. The van der Waals surface area contributed by atoms with E-state index in [9.17, 15) is 24.6 Å². The number of Topliss-reactive ketones (excluding diaryl/α,β-unsaturated/α-hetero) is 1. The van der Waals surface area contributed by atoms with E-state index in [0.29, 0.717) is 10.6 Å². The number of aliphatic hydroxyl groups excluding tert-OH is 2. The van der Waals surface area contributed by atoms with Crippen molar-refractivity contribution in [2.45, 2.75) is 30.2 Å². The van der Waals surface area contributed by atoms with E-state index in [4.69, 9.17) is 20.0 Å². The van der Waals surface area contributed by atoms with Gasteiger partial charge in [0, 0.05) is 5.56 Å². The largest absolute Gasteiger partial charge is 0.394 e. The van der Waals surface area contributed by atoms with Crippen LogP contribution >= 0.6 is 0 Å². The molecule has 14 nitrogen and oxygen atoms in total. The van der Waals surface area contributed by atoms with Crippen LogP contribution in [0.25, 0.3) is 0 Å². The lowest BCUT2D eigenvalue weighted by molar-refractivity contribution is -0.131. The van der Waals surface area contributed by atoms with Gasteiger partial charge < -0.3 is 24.6 Å². The second-order valence-electron chi connectivity index (χ2n) is 9.63. The zero-order valence-corrected chi connectivity index (χ0v) is 21.6. The number of carbonyl (C=O) groups is 3. The minimum atomic E-state index is -1.82. The zero-order valence-electron chi connectivity index (χ0n) is 21.6. The highest BCUT2D eigenvalue weighted by Gasteiger charge is 2.53. The zero-order chi connectivity index (χ0) is 28.7. The Morgan fingerprint density at radius 2 is 1.76 bits per heavy atom. The molecule has 5 atom stereocenters. The van der Waals surface area contributed by atoms with E-state index in [0.717, 1.165) is 0 Å². The maximum Gasteiger partial charge on any atom is 0.285 e. The molecule has 0 bridgehead atoms. The van der Waals surface area contributed by atoms with Crippen molar-refractivity contribution in [2.75, 3.05) is 26.5 Å². The summed E-state index contributed by atoms with van der Waals surface area (Å²) < 4.78 is 11.8. The summed E-state index contributed by atoms with van der Waals surface area (Å²) in [5.41, 5.74) is 5.63. The number of hydroxylamine groups is 2. The van der Waals surface area contributed by atoms with Crippen LogP contribution in [0.4, 0.5) is 0 Å². The van der Waals surface area contributed by atoms with Crippen molar-refractivity contribution in [1.29, 1.82) is 0 Å². The van der Waals surface area contributed by atoms with Gasteiger partial charge in [-0.3, -0.25) is 29.9 Å². The number of ether oxygens (including phenoxy) is 2. The summed E-state index contributed by atoms with van der Waals surface area (Å²) in [6.07, 6.45) is -3.07. The van der Waals surface area contributed by atoms with E-state index in [-0.39, 0.29) is 42.6 Å². The van der Waals surface area contributed by atoms with Crippen LogP contribution in [0.5, 0.6) is 0 Å². The lowest BCUT2D eigenvalue weighted by Crippen LogP contribution is -2.59. The molecule has 1 saturated heterocycles. The Bertz CT molecular complexity index is 1440. The molecule has 6 rings (SSSR count). The van der Waals surface area contributed by atoms with E-state index >= 15 is 0 Å². The molecule has 2 aromatic rings. The molecule has 4 N–H and O–H groups in total. The Kier molecular flexibility index (Phi) is 7.03. The highest BCUT2D eigenvalue weighted by Crippen LogP contribution is 2.31. The molecule has 0 aliphatic carbocycles. The Labute approximate surface area is 233 Å². The third-order valence-electron chi connectivity index (χ3n) is 7.22. The number of carbonyl (C=O) groups excluding carboxylic acids is 3. The Hall–Kier alpha value is -4.18. The standard InChI is InChI=1S/C27H26N6O8/c28-27(22(36)15-6-2-1-3-7-15)21-23(29-13-31-27)32(14-30-21)26-20(19(35)18(12-34)41-26)39-10-11-40-33-24(37)16-8-4-5-9-17(16)25(33)38/h1-9,13,18-20,26,34-35H,10-12,14,28H2/t18-,19-,20-,26-,27?/m1/s1. The van der Waals surface area contributed by atoms with E-state index in [1.807, 2.05) is 0 Å². The summed E-state index contributed by atoms with van der Waals surface area (Å²) >= 11 is 0. The average molecular weight is 563 g/mol. The van der Waals surface area contributed by atoms with Gasteiger partial charge in [-0.2, -0.15) is 0 Å². The number of hydrogen-bond acceptors (Lipinski definition) is 13. The molecular formula is C27H26N6O8. The third-order valence-corrected chi connectivity index (χ3v) is 7.22. The number of nitrogens with two attached hydrogens (primary N) is 1. The Morgan fingerprint density at radius 3 is 2.44 bits per heavy atom. The summed E-state index contributed by atoms with van der Waals surface area (Å²) in [5.74, 6) is -1.41. The van der Waals surface area contributed by atoms with Crippen LogP contribution in [0, 0.1) is 0 Å². The fourth-order valence-corrected chi connectivity index (χ4v) is 5.16. The van der Waals surface area contributed by atoms with Crippen LogP contribution in [0.2, 0.25) is 0 Å². The number of fused-ring (bicyclic) bond motifs is 2. The maximum atomic E-state index is 13.3. The normalized spacial score (nSPS) is 28.6. The summed E-state index contributed by atoms with van der Waals surface area (Å²) in [5, 5.41) is 21.3. The summed E-state index contributed by atoms with van der Waals surface area (Å²) in [6, 6.07) is 14.8. The first kappa shape index (κ1) is 27.0. The number of amidine groups is 1. The van der Waals surface area contributed by atoms with Gasteiger partial charge in [-0.1, -0.05) is 42.5 Å². The van der Waals surface area contributed by atoms with Crippen molar-refractivity contribution in [2.24, 2.45) is 20.7 Å². The van der Waals surface area contributed by atoms with Gasteiger partial charge in [0.05, 0.1) is 30.9 Å². The van der Waals surface area contributed by atoms with Crippen LogP contribution in [0.3, 0.4) is 0 Å². The highest BCUT2D eigenvalue weighted by molar-refractivity contribution is 6.52. The van der Waals surface area contributed by atoms with Gasteiger partial charge in [0.2, 0.25) is 11.4 Å². The van der Waals surface area contributed by atoms with Crippen LogP contribution in [0.1, 0.15) is 31.1 Å². The SMILES string of the molecule is NC1(C(=O)c2ccccc2)N=CN=C2C1=NCN2[C@@H]1O[C@H](CO)[C@@H](O)[C@H]1OCCON1C(=O)c2ccccc2C1=O. The Morgan fingerprint density at radius 1 is 1.07 bits per heavy atom. The van der Waals surface area contributed by atoms with Crippen LogP contribution in [0.15, 0.2) is 69.6 Å². The first-order chi connectivity index (χ1) is 19.8. The number of aliphatic imine (C=N–C) groups is 3. The lowest BCUT2D eigenvalue weighted by Gasteiger charge is -2.33. The molecule has 0 spiro atoms. The number of ketones is 1. The third kappa shape index (κ3) is 4.46. The molecular weight excluding hydrogens is 536 g/mol. The predicted octanol–water partition coefficient (Wildman–Crippen LogP) is -0.630. The second kappa shape index (κ2) is 10.7.